The van der Waals surface area contributed by atoms with Crippen molar-refractivity contribution in [3.63, 3.8) is 0 Å². The summed E-state index contributed by atoms with van der Waals surface area (Å²) in [5.74, 6) is 0. The normalized spacial score (nSPS) is 41.8. The fourth-order valence-electron chi connectivity index (χ4n) is 1.37. The van der Waals surface area contributed by atoms with Gasteiger partial charge in [-0.1, -0.05) is 15.9 Å². The molecular formula is C8H15BrO6. The van der Waals surface area contributed by atoms with Gasteiger partial charge < -0.3 is 29.9 Å². The van der Waals surface area contributed by atoms with Crippen molar-refractivity contribution in [1.29, 1.82) is 0 Å². The molecule has 1 unspecified atom stereocenters. The van der Waals surface area contributed by atoms with Gasteiger partial charge in [0.1, 0.15) is 24.4 Å². The fraction of sp³-hybridized carbons (Fsp3) is 1.00. The number of alkyl halides is 1. The molecule has 1 aliphatic heterocycles. The molecular weight excluding hydrogens is 272 g/mol. The van der Waals surface area contributed by atoms with E-state index in [9.17, 15) is 15.3 Å². The maximum Gasteiger partial charge on any atom is 0.186 e. The van der Waals surface area contributed by atoms with Crippen LogP contribution in [0.4, 0.5) is 0 Å². The summed E-state index contributed by atoms with van der Waals surface area (Å²) in [5.41, 5.74) is 0. The summed E-state index contributed by atoms with van der Waals surface area (Å²) in [4.78, 5) is 0. The van der Waals surface area contributed by atoms with Crippen LogP contribution in [0.1, 0.15) is 0 Å². The van der Waals surface area contributed by atoms with Gasteiger partial charge in [0.15, 0.2) is 6.29 Å². The van der Waals surface area contributed by atoms with Gasteiger partial charge in [0.2, 0.25) is 0 Å². The molecule has 6 nitrogen and oxygen atoms in total. The molecule has 0 radical (unpaired) electrons. The van der Waals surface area contributed by atoms with Crippen LogP contribution in [0.5, 0.6) is 0 Å². The minimum absolute atomic E-state index is 0.294. The molecule has 1 heterocycles. The Balaban J connectivity index is 2.57. The van der Waals surface area contributed by atoms with Crippen molar-refractivity contribution in [2.24, 2.45) is 0 Å². The predicted octanol–water partition coefficient (Wildman–Crippen LogP) is -1.80. The summed E-state index contributed by atoms with van der Waals surface area (Å²) in [6.45, 7) is -0.151. The van der Waals surface area contributed by atoms with E-state index in [2.05, 4.69) is 15.9 Å². The van der Waals surface area contributed by atoms with Crippen LogP contribution in [0.15, 0.2) is 0 Å². The van der Waals surface area contributed by atoms with E-state index in [0.717, 1.165) is 0 Å². The van der Waals surface area contributed by atoms with Crippen molar-refractivity contribution in [1.82, 2.24) is 0 Å². The molecule has 0 aromatic rings. The molecule has 5 atom stereocenters. The van der Waals surface area contributed by atoms with Crippen molar-refractivity contribution >= 4 is 15.9 Å². The molecule has 0 spiro atoms. The number of hydrogen-bond acceptors (Lipinski definition) is 6. The van der Waals surface area contributed by atoms with Crippen molar-refractivity contribution in [3.05, 3.63) is 0 Å². The number of rotatable bonds is 4. The van der Waals surface area contributed by atoms with Crippen molar-refractivity contribution in [2.75, 3.05) is 18.5 Å². The standard InChI is InChI=1S/C8H15BrO6/c9-1-2-14-8-7(13)6(12)5(11)4(3-10)15-8/h4-8,10-13H,1-3H2/t4-,5-,6+,7+,8?/m1/s1. The highest BCUT2D eigenvalue weighted by Gasteiger charge is 2.43. The van der Waals surface area contributed by atoms with Crippen molar-refractivity contribution in [3.8, 4) is 0 Å². The first kappa shape index (κ1) is 13.3. The largest absolute Gasteiger partial charge is 0.394 e. The van der Waals surface area contributed by atoms with Crippen LogP contribution < -0.4 is 0 Å². The third kappa shape index (κ3) is 3.10. The van der Waals surface area contributed by atoms with Gasteiger partial charge in [-0.3, -0.25) is 0 Å². The molecule has 0 aliphatic carbocycles. The van der Waals surface area contributed by atoms with Crippen LogP contribution in [0.25, 0.3) is 0 Å². The number of aliphatic hydroxyl groups is 4. The van der Waals surface area contributed by atoms with E-state index in [0.29, 0.717) is 11.9 Å². The second-order valence-corrected chi connectivity index (χ2v) is 4.05. The maximum atomic E-state index is 9.49. The summed E-state index contributed by atoms with van der Waals surface area (Å²) in [6.07, 6.45) is -5.98. The summed E-state index contributed by atoms with van der Waals surface area (Å²) in [5, 5.41) is 37.7. The van der Waals surface area contributed by atoms with E-state index < -0.39 is 37.3 Å². The zero-order valence-corrected chi connectivity index (χ0v) is 9.58. The average Bonchev–Trinajstić information content (AvgIpc) is 2.25. The molecule has 0 saturated carbocycles. The average molecular weight is 287 g/mol. The smallest absolute Gasteiger partial charge is 0.186 e. The van der Waals surface area contributed by atoms with Gasteiger partial charge in [-0.05, 0) is 0 Å². The molecule has 1 fully saturated rings. The van der Waals surface area contributed by atoms with Crippen LogP contribution in [0, 0.1) is 0 Å². The monoisotopic (exact) mass is 286 g/mol. The van der Waals surface area contributed by atoms with Gasteiger partial charge in [-0.2, -0.15) is 0 Å². The van der Waals surface area contributed by atoms with Crippen molar-refractivity contribution < 1.29 is 29.9 Å². The molecule has 0 aromatic carbocycles. The summed E-state index contributed by atoms with van der Waals surface area (Å²) in [7, 11) is 0. The quantitative estimate of drug-likeness (QED) is 0.455. The molecule has 1 aliphatic rings. The Morgan fingerprint density at radius 1 is 1.13 bits per heavy atom. The third-order valence-electron chi connectivity index (χ3n) is 2.21. The SMILES string of the molecule is OC[C@H]1OC(OCCBr)[C@@H](O)[C@@H](O)[C@@H]1O. The van der Waals surface area contributed by atoms with Crippen LogP contribution in [0.2, 0.25) is 0 Å². The number of ether oxygens (including phenoxy) is 2. The molecule has 0 amide bonds. The highest BCUT2D eigenvalue weighted by Crippen LogP contribution is 2.21. The predicted molar refractivity (Wildman–Crippen MR) is 53.5 cm³/mol. The Hall–Kier alpha value is 0.240. The molecule has 0 bridgehead atoms. The van der Waals surface area contributed by atoms with Gasteiger partial charge in [0, 0.05) is 5.33 Å². The van der Waals surface area contributed by atoms with E-state index in [1.807, 2.05) is 0 Å². The Labute approximate surface area is 95.6 Å². The number of hydrogen-bond donors (Lipinski definition) is 4. The Bertz CT molecular complexity index is 190. The second-order valence-electron chi connectivity index (χ2n) is 3.26. The minimum Gasteiger partial charge on any atom is -0.394 e. The highest BCUT2D eigenvalue weighted by molar-refractivity contribution is 9.09. The van der Waals surface area contributed by atoms with Gasteiger partial charge in [-0.25, -0.2) is 0 Å². The van der Waals surface area contributed by atoms with Gasteiger partial charge >= 0.3 is 0 Å². The van der Waals surface area contributed by atoms with E-state index >= 15 is 0 Å². The lowest BCUT2D eigenvalue weighted by atomic mass is 9.99. The maximum absolute atomic E-state index is 9.49. The van der Waals surface area contributed by atoms with Crippen LogP contribution in [0.3, 0.4) is 0 Å². The highest BCUT2D eigenvalue weighted by atomic mass is 79.9. The molecule has 0 aromatic heterocycles. The van der Waals surface area contributed by atoms with Crippen LogP contribution in [-0.2, 0) is 9.47 Å². The fourth-order valence-corrected chi connectivity index (χ4v) is 1.55. The van der Waals surface area contributed by atoms with E-state index in [-0.39, 0.29) is 0 Å². The number of aliphatic hydroxyl groups excluding tert-OH is 4. The van der Waals surface area contributed by atoms with Crippen LogP contribution >= 0.6 is 15.9 Å². The number of halogens is 1. The zero-order chi connectivity index (χ0) is 11.4. The molecule has 4 N–H and O–H groups in total. The first-order valence-electron chi connectivity index (χ1n) is 4.60. The first-order chi connectivity index (χ1) is 7.11. The lowest BCUT2D eigenvalue weighted by molar-refractivity contribution is -0.299. The first-order valence-corrected chi connectivity index (χ1v) is 5.72. The van der Waals surface area contributed by atoms with E-state index in [4.69, 9.17) is 14.6 Å². The van der Waals surface area contributed by atoms with Crippen molar-refractivity contribution in [2.45, 2.75) is 30.7 Å². The Kier molecular flexibility index (Phi) is 5.41. The Morgan fingerprint density at radius 2 is 1.80 bits per heavy atom. The summed E-state index contributed by atoms with van der Waals surface area (Å²) in [6, 6.07) is 0. The zero-order valence-electron chi connectivity index (χ0n) is 7.99. The molecule has 1 saturated heterocycles. The molecule has 1 rings (SSSR count). The van der Waals surface area contributed by atoms with Crippen LogP contribution in [-0.4, -0.2) is 69.7 Å². The minimum atomic E-state index is -1.38. The molecule has 15 heavy (non-hydrogen) atoms. The van der Waals surface area contributed by atoms with E-state index in [1.165, 1.54) is 0 Å². The van der Waals surface area contributed by atoms with E-state index in [1.54, 1.807) is 0 Å². The molecule has 90 valence electrons. The summed E-state index contributed by atoms with van der Waals surface area (Å²) >= 11 is 3.13. The Morgan fingerprint density at radius 3 is 2.33 bits per heavy atom. The van der Waals surface area contributed by atoms with Gasteiger partial charge in [0.25, 0.3) is 0 Å². The topological polar surface area (TPSA) is 99.4 Å². The summed E-state index contributed by atoms with van der Waals surface area (Å²) < 4.78 is 10.2. The second kappa shape index (κ2) is 6.09. The van der Waals surface area contributed by atoms with Gasteiger partial charge in [-0.15, -0.1) is 0 Å². The lowest BCUT2D eigenvalue weighted by Gasteiger charge is -2.39. The third-order valence-corrected chi connectivity index (χ3v) is 2.53. The van der Waals surface area contributed by atoms with Gasteiger partial charge in [0.05, 0.1) is 13.2 Å². The molecule has 7 heteroatoms. The lowest BCUT2D eigenvalue weighted by Crippen LogP contribution is -2.59.